The van der Waals surface area contributed by atoms with Crippen LogP contribution in [0.5, 0.6) is 5.88 Å². The molecule has 1 fully saturated rings. The highest BCUT2D eigenvalue weighted by atomic mass is 19.1. The quantitative estimate of drug-likeness (QED) is 0.537. The van der Waals surface area contributed by atoms with E-state index in [9.17, 15) is 23.2 Å². The van der Waals surface area contributed by atoms with Crippen LogP contribution >= 0.6 is 0 Å². The molecule has 0 unspecified atom stereocenters. The van der Waals surface area contributed by atoms with Gasteiger partial charge in [-0.15, -0.1) is 0 Å². The lowest BCUT2D eigenvalue weighted by Crippen LogP contribution is -2.46. The van der Waals surface area contributed by atoms with Gasteiger partial charge in [0.25, 0.3) is 11.8 Å². The van der Waals surface area contributed by atoms with Gasteiger partial charge in [0.2, 0.25) is 11.8 Å². The van der Waals surface area contributed by atoms with E-state index in [4.69, 9.17) is 4.74 Å². The molecule has 34 heavy (non-hydrogen) atoms. The van der Waals surface area contributed by atoms with Gasteiger partial charge in [0.1, 0.15) is 24.8 Å². The molecule has 3 aromatic rings. The first-order valence-corrected chi connectivity index (χ1v) is 10.7. The maximum atomic E-state index is 14.0. The fourth-order valence-corrected chi connectivity index (χ4v) is 3.83. The minimum atomic E-state index is -0.730. The number of amides is 3. The molecule has 4 rings (SSSR count). The Kier molecular flexibility index (Phi) is 6.44. The number of carbonyl (C=O) groups excluding carboxylic acids is 3. The molecule has 178 valence electrons. The van der Waals surface area contributed by atoms with Gasteiger partial charge in [-0.25, -0.2) is 8.78 Å². The summed E-state index contributed by atoms with van der Waals surface area (Å²) in [6, 6.07) is 6.89. The molecule has 3 amide bonds. The molecule has 0 atom stereocenters. The Balaban J connectivity index is 1.51. The van der Waals surface area contributed by atoms with Crippen molar-refractivity contribution in [2.75, 3.05) is 13.1 Å². The molecular formula is C23H23F2N5O4. The average molecular weight is 471 g/mol. The van der Waals surface area contributed by atoms with Crippen LogP contribution in [0.3, 0.4) is 0 Å². The molecule has 3 heterocycles. The number of nitrogens with one attached hydrogen (secondary N) is 2. The van der Waals surface area contributed by atoms with Crippen LogP contribution in [0, 0.1) is 25.5 Å². The van der Waals surface area contributed by atoms with E-state index >= 15 is 0 Å². The van der Waals surface area contributed by atoms with Gasteiger partial charge in [-0.3, -0.25) is 25.2 Å². The lowest BCUT2D eigenvalue weighted by atomic mass is 10.1. The highest BCUT2D eigenvalue weighted by Gasteiger charge is 2.24. The Bertz CT molecular complexity index is 1270. The average Bonchev–Trinajstić information content (AvgIpc) is 3.33. The molecule has 1 aliphatic heterocycles. The minimum Gasteiger partial charge on any atom is -0.473 e. The Morgan fingerprint density at radius 1 is 1.15 bits per heavy atom. The molecule has 1 saturated heterocycles. The standard InChI is InChI=1S/C23H23F2N5O4/c1-13-9-18-22(23(33)27-26-19(31)11-29-8-4-7-20(29)32)14(2)28-30(18)21(10-13)34-12-15-16(24)5-3-6-17(15)25/h3,5-6,9-10H,4,7-8,11-12H2,1-2H3,(H,26,31)(H,27,33). The first-order valence-electron chi connectivity index (χ1n) is 10.7. The van der Waals surface area contributed by atoms with Crippen LogP contribution in [-0.4, -0.2) is 45.3 Å². The number of hydrogen-bond donors (Lipinski definition) is 2. The number of fused-ring (bicyclic) bond motifs is 1. The van der Waals surface area contributed by atoms with E-state index < -0.39 is 23.4 Å². The number of likely N-dealkylation sites (tertiary alicyclic amines) is 1. The third kappa shape index (κ3) is 4.68. The monoisotopic (exact) mass is 471 g/mol. The summed E-state index contributed by atoms with van der Waals surface area (Å²) < 4.78 is 35.0. The van der Waals surface area contributed by atoms with Gasteiger partial charge in [-0.05, 0) is 44.0 Å². The van der Waals surface area contributed by atoms with Gasteiger partial charge in [0.15, 0.2) is 0 Å². The van der Waals surface area contributed by atoms with Crippen molar-refractivity contribution in [3.63, 3.8) is 0 Å². The normalized spacial score (nSPS) is 13.4. The molecule has 2 N–H and O–H groups in total. The number of hydrazine groups is 1. The van der Waals surface area contributed by atoms with Crippen LogP contribution in [-0.2, 0) is 16.2 Å². The Hall–Kier alpha value is -4.02. The number of carbonyl (C=O) groups is 3. The van der Waals surface area contributed by atoms with E-state index in [1.165, 1.54) is 15.5 Å². The van der Waals surface area contributed by atoms with E-state index in [2.05, 4.69) is 16.0 Å². The van der Waals surface area contributed by atoms with E-state index in [-0.39, 0.29) is 36.1 Å². The van der Waals surface area contributed by atoms with Crippen molar-refractivity contribution < 1.29 is 27.9 Å². The summed E-state index contributed by atoms with van der Waals surface area (Å²) in [4.78, 5) is 38.1. The van der Waals surface area contributed by atoms with Gasteiger partial charge < -0.3 is 9.64 Å². The van der Waals surface area contributed by atoms with E-state index in [1.807, 2.05) is 0 Å². The molecule has 1 aliphatic rings. The number of nitrogens with zero attached hydrogens (tertiary/aromatic N) is 3. The molecule has 11 heteroatoms. The van der Waals surface area contributed by atoms with Gasteiger partial charge in [0.05, 0.1) is 22.3 Å². The molecule has 0 aliphatic carbocycles. The topological polar surface area (TPSA) is 105 Å². The van der Waals surface area contributed by atoms with Crippen LogP contribution in [0.1, 0.15) is 40.0 Å². The number of aryl methyl sites for hydroxylation is 2. The lowest BCUT2D eigenvalue weighted by Gasteiger charge is -2.15. The third-order valence-electron chi connectivity index (χ3n) is 5.49. The predicted molar refractivity (Wildman–Crippen MR) is 117 cm³/mol. The van der Waals surface area contributed by atoms with Crippen molar-refractivity contribution in [1.29, 1.82) is 0 Å². The van der Waals surface area contributed by atoms with Crippen LogP contribution in [0.2, 0.25) is 0 Å². The smallest absolute Gasteiger partial charge is 0.273 e. The largest absolute Gasteiger partial charge is 0.473 e. The first-order chi connectivity index (χ1) is 16.2. The van der Waals surface area contributed by atoms with Crippen molar-refractivity contribution in [3.8, 4) is 5.88 Å². The van der Waals surface area contributed by atoms with E-state index in [1.54, 1.807) is 26.0 Å². The molecule has 1 aromatic carbocycles. The number of pyridine rings is 1. The van der Waals surface area contributed by atoms with E-state index in [0.29, 0.717) is 30.6 Å². The molecule has 0 radical (unpaired) electrons. The maximum absolute atomic E-state index is 14.0. The van der Waals surface area contributed by atoms with Crippen molar-refractivity contribution in [2.24, 2.45) is 0 Å². The number of halogens is 2. The van der Waals surface area contributed by atoms with Crippen LogP contribution in [0.4, 0.5) is 8.78 Å². The Labute approximate surface area is 193 Å². The second kappa shape index (κ2) is 9.46. The Morgan fingerprint density at radius 3 is 2.56 bits per heavy atom. The second-order valence-electron chi connectivity index (χ2n) is 8.04. The molecule has 0 saturated carbocycles. The van der Waals surface area contributed by atoms with Crippen molar-refractivity contribution in [1.82, 2.24) is 25.4 Å². The molecular weight excluding hydrogens is 448 g/mol. The number of aromatic nitrogens is 2. The van der Waals surface area contributed by atoms with Gasteiger partial charge in [0, 0.05) is 19.0 Å². The van der Waals surface area contributed by atoms with Gasteiger partial charge >= 0.3 is 0 Å². The summed E-state index contributed by atoms with van der Waals surface area (Å²) in [7, 11) is 0. The second-order valence-corrected chi connectivity index (χ2v) is 8.04. The number of hydrogen-bond acceptors (Lipinski definition) is 5. The predicted octanol–water partition coefficient (Wildman–Crippen LogP) is 2.19. The van der Waals surface area contributed by atoms with Crippen molar-refractivity contribution in [3.05, 3.63) is 64.4 Å². The number of benzene rings is 1. The fourth-order valence-electron chi connectivity index (χ4n) is 3.83. The van der Waals surface area contributed by atoms with Crippen LogP contribution < -0.4 is 15.6 Å². The van der Waals surface area contributed by atoms with Gasteiger partial charge in [-0.2, -0.15) is 9.61 Å². The summed E-state index contributed by atoms with van der Waals surface area (Å²) in [5.41, 5.74) is 6.11. The lowest BCUT2D eigenvalue weighted by molar-refractivity contribution is -0.133. The van der Waals surface area contributed by atoms with E-state index in [0.717, 1.165) is 17.7 Å². The first kappa shape index (κ1) is 23.1. The molecule has 9 nitrogen and oxygen atoms in total. The maximum Gasteiger partial charge on any atom is 0.273 e. The fraction of sp³-hybridized carbons (Fsp3) is 0.304. The molecule has 0 bridgehead atoms. The summed E-state index contributed by atoms with van der Waals surface area (Å²) >= 11 is 0. The van der Waals surface area contributed by atoms with Crippen LogP contribution in [0.15, 0.2) is 30.3 Å². The summed E-state index contributed by atoms with van der Waals surface area (Å²) in [6.45, 7) is 3.38. The highest BCUT2D eigenvalue weighted by Crippen LogP contribution is 2.24. The summed E-state index contributed by atoms with van der Waals surface area (Å²) in [5, 5.41) is 4.33. The number of ether oxygens (including phenoxy) is 1. The van der Waals surface area contributed by atoms with Gasteiger partial charge in [-0.1, -0.05) is 6.07 Å². The number of rotatable bonds is 6. The molecule has 0 spiro atoms. The third-order valence-corrected chi connectivity index (χ3v) is 5.49. The Morgan fingerprint density at radius 2 is 1.88 bits per heavy atom. The van der Waals surface area contributed by atoms with Crippen molar-refractivity contribution in [2.45, 2.75) is 33.3 Å². The zero-order valence-corrected chi connectivity index (χ0v) is 18.7. The SMILES string of the molecule is Cc1cc(OCc2c(F)cccc2F)n2nc(C)c(C(=O)NNC(=O)CN3CCCC3=O)c2c1. The zero-order chi connectivity index (χ0) is 24.4. The zero-order valence-electron chi connectivity index (χ0n) is 18.7. The summed E-state index contributed by atoms with van der Waals surface area (Å²) in [5.74, 6) is -2.50. The molecule has 2 aromatic heterocycles. The highest BCUT2D eigenvalue weighted by molar-refractivity contribution is 6.03. The summed E-state index contributed by atoms with van der Waals surface area (Å²) in [6.07, 6.45) is 1.11. The minimum absolute atomic E-state index is 0.0989. The van der Waals surface area contributed by atoms with Crippen LogP contribution in [0.25, 0.3) is 5.52 Å². The van der Waals surface area contributed by atoms with Crippen molar-refractivity contribution >= 4 is 23.2 Å².